The number of hydrogen-bond acceptors (Lipinski definition) is 2. The largest absolute Gasteiger partial charge is 0.384 e. The van der Waals surface area contributed by atoms with Gasteiger partial charge in [-0.05, 0) is 35.4 Å². The summed E-state index contributed by atoms with van der Waals surface area (Å²) < 4.78 is 14.5. The van der Waals surface area contributed by atoms with Crippen LogP contribution < -0.4 is 5.32 Å². The highest BCUT2D eigenvalue weighted by atomic mass is 79.9. The van der Waals surface area contributed by atoms with Gasteiger partial charge >= 0.3 is 0 Å². The molecule has 0 aliphatic carbocycles. The first-order valence-corrected chi connectivity index (χ1v) is 6.89. The van der Waals surface area contributed by atoms with Crippen LogP contribution in [-0.2, 0) is 11.2 Å². The van der Waals surface area contributed by atoms with Gasteiger partial charge in [0.25, 0.3) is 0 Å². The van der Waals surface area contributed by atoms with E-state index in [2.05, 4.69) is 21.2 Å². The molecule has 1 atom stereocenters. The number of carbonyl (C=O) groups excluding carboxylic acids is 1. The molecule has 0 aromatic heterocycles. The number of benzene rings is 2. The van der Waals surface area contributed by atoms with Crippen LogP contribution >= 0.6 is 15.9 Å². The Labute approximate surface area is 123 Å². The molecule has 2 aromatic rings. The van der Waals surface area contributed by atoms with Gasteiger partial charge in [-0.2, -0.15) is 0 Å². The number of anilines is 1. The molecule has 0 radical (unpaired) electrons. The Hall–Kier alpha value is -1.72. The van der Waals surface area contributed by atoms with Crippen molar-refractivity contribution in [1.29, 1.82) is 0 Å². The molecule has 1 aliphatic rings. The van der Waals surface area contributed by atoms with E-state index in [1.54, 1.807) is 30.3 Å². The normalized spacial score (nSPS) is 14.8. The topological polar surface area (TPSA) is 49.3 Å². The van der Waals surface area contributed by atoms with Gasteiger partial charge in [-0.15, -0.1) is 0 Å². The van der Waals surface area contributed by atoms with Gasteiger partial charge in [-0.25, -0.2) is 4.39 Å². The Kier molecular flexibility index (Phi) is 3.31. The molecule has 1 aliphatic heterocycles. The second kappa shape index (κ2) is 5.00. The highest BCUT2D eigenvalue weighted by Crippen LogP contribution is 2.31. The molecule has 20 heavy (non-hydrogen) atoms. The number of nitrogens with one attached hydrogen (secondary N) is 1. The van der Waals surface area contributed by atoms with E-state index in [9.17, 15) is 14.3 Å². The van der Waals surface area contributed by atoms with E-state index in [1.165, 1.54) is 6.07 Å². The summed E-state index contributed by atoms with van der Waals surface area (Å²) >= 11 is 3.26. The summed E-state index contributed by atoms with van der Waals surface area (Å²) in [7, 11) is 0. The number of carbonyl (C=O) groups is 1. The minimum atomic E-state index is -1.06. The van der Waals surface area contributed by atoms with Crippen molar-refractivity contribution in [3.8, 4) is 0 Å². The van der Waals surface area contributed by atoms with Crippen LogP contribution in [0, 0.1) is 5.82 Å². The summed E-state index contributed by atoms with van der Waals surface area (Å²) in [6.07, 6.45) is -0.773. The first kappa shape index (κ1) is 13.3. The molecule has 1 unspecified atom stereocenters. The number of rotatable bonds is 2. The Morgan fingerprint density at radius 2 is 2.05 bits per heavy atom. The lowest BCUT2D eigenvalue weighted by atomic mass is 9.98. The first-order chi connectivity index (χ1) is 9.54. The van der Waals surface area contributed by atoms with Gasteiger partial charge < -0.3 is 10.4 Å². The first-order valence-electron chi connectivity index (χ1n) is 6.10. The lowest BCUT2D eigenvalue weighted by Crippen LogP contribution is -2.03. The van der Waals surface area contributed by atoms with Crippen LogP contribution in [0.2, 0.25) is 0 Å². The molecule has 0 saturated heterocycles. The molecule has 1 amide bonds. The van der Waals surface area contributed by atoms with Crippen molar-refractivity contribution in [3.63, 3.8) is 0 Å². The molecule has 5 heteroatoms. The molecule has 3 nitrogen and oxygen atoms in total. The predicted molar refractivity (Wildman–Crippen MR) is 76.9 cm³/mol. The van der Waals surface area contributed by atoms with Crippen LogP contribution in [0.1, 0.15) is 22.8 Å². The summed E-state index contributed by atoms with van der Waals surface area (Å²) in [6, 6.07) is 9.59. The van der Waals surface area contributed by atoms with Crippen LogP contribution in [0.3, 0.4) is 0 Å². The third-order valence-electron chi connectivity index (χ3n) is 3.32. The molecule has 1 heterocycles. The summed E-state index contributed by atoms with van der Waals surface area (Å²) in [6.45, 7) is 0. The Morgan fingerprint density at radius 3 is 2.85 bits per heavy atom. The van der Waals surface area contributed by atoms with E-state index in [4.69, 9.17) is 0 Å². The highest BCUT2D eigenvalue weighted by Gasteiger charge is 2.21. The van der Waals surface area contributed by atoms with E-state index in [0.717, 1.165) is 11.3 Å². The van der Waals surface area contributed by atoms with Gasteiger partial charge in [0, 0.05) is 15.7 Å². The fourth-order valence-corrected chi connectivity index (χ4v) is 2.70. The standard InChI is InChI=1S/C15H11BrFNO2/c16-10-2-3-12(17)11(7-10)15(20)8-1-4-13-9(5-8)6-14(19)18-13/h1-5,7,15,20H,6H2,(H,18,19). The van der Waals surface area contributed by atoms with Crippen molar-refractivity contribution in [3.05, 3.63) is 63.4 Å². The average Bonchev–Trinajstić information content (AvgIpc) is 2.79. The van der Waals surface area contributed by atoms with Gasteiger partial charge in [0.2, 0.25) is 5.91 Å². The second-order valence-electron chi connectivity index (χ2n) is 4.71. The number of fused-ring (bicyclic) bond motifs is 1. The van der Waals surface area contributed by atoms with Crippen molar-refractivity contribution >= 4 is 27.5 Å². The van der Waals surface area contributed by atoms with E-state index < -0.39 is 11.9 Å². The summed E-state index contributed by atoms with van der Waals surface area (Å²) in [5, 5.41) is 13.0. The fourth-order valence-electron chi connectivity index (χ4n) is 2.32. The lowest BCUT2D eigenvalue weighted by Gasteiger charge is -2.14. The smallest absolute Gasteiger partial charge is 0.228 e. The van der Waals surface area contributed by atoms with Crippen molar-refractivity contribution in [2.45, 2.75) is 12.5 Å². The zero-order valence-corrected chi connectivity index (χ0v) is 11.9. The summed E-state index contributed by atoms with van der Waals surface area (Å²) in [5.41, 5.74) is 2.34. The summed E-state index contributed by atoms with van der Waals surface area (Å²) in [5.74, 6) is -0.532. The van der Waals surface area contributed by atoms with Gasteiger partial charge in [0.05, 0.1) is 6.42 Å². The van der Waals surface area contributed by atoms with Crippen LogP contribution in [0.5, 0.6) is 0 Å². The maximum Gasteiger partial charge on any atom is 0.228 e. The number of aliphatic hydroxyl groups excluding tert-OH is 1. The Morgan fingerprint density at radius 1 is 1.25 bits per heavy atom. The van der Waals surface area contributed by atoms with Crippen molar-refractivity contribution < 1.29 is 14.3 Å². The molecule has 2 aromatic carbocycles. The third kappa shape index (κ3) is 2.34. The molecule has 0 saturated carbocycles. The third-order valence-corrected chi connectivity index (χ3v) is 3.82. The van der Waals surface area contributed by atoms with E-state index in [1.807, 2.05) is 0 Å². The summed E-state index contributed by atoms with van der Waals surface area (Å²) in [4.78, 5) is 11.3. The van der Waals surface area contributed by atoms with Crippen molar-refractivity contribution in [1.82, 2.24) is 0 Å². The van der Waals surface area contributed by atoms with E-state index in [-0.39, 0.29) is 17.9 Å². The Balaban J connectivity index is 1.99. The van der Waals surface area contributed by atoms with Gasteiger partial charge in [-0.1, -0.05) is 28.1 Å². The zero-order valence-electron chi connectivity index (χ0n) is 10.4. The maximum atomic E-state index is 13.8. The molecule has 0 fully saturated rings. The van der Waals surface area contributed by atoms with Crippen LogP contribution in [0.25, 0.3) is 0 Å². The van der Waals surface area contributed by atoms with Gasteiger partial charge in [-0.3, -0.25) is 4.79 Å². The van der Waals surface area contributed by atoms with E-state index in [0.29, 0.717) is 10.0 Å². The SMILES string of the molecule is O=C1Cc2cc(C(O)c3cc(Br)ccc3F)ccc2N1. The van der Waals surface area contributed by atoms with Crippen LogP contribution in [-0.4, -0.2) is 11.0 Å². The van der Waals surface area contributed by atoms with Crippen molar-refractivity contribution in [2.75, 3.05) is 5.32 Å². The van der Waals surface area contributed by atoms with Crippen molar-refractivity contribution in [2.24, 2.45) is 0 Å². The number of hydrogen-bond donors (Lipinski definition) is 2. The highest BCUT2D eigenvalue weighted by molar-refractivity contribution is 9.10. The lowest BCUT2D eigenvalue weighted by molar-refractivity contribution is -0.115. The molecular formula is C15H11BrFNO2. The monoisotopic (exact) mass is 335 g/mol. The zero-order chi connectivity index (χ0) is 14.3. The molecule has 0 bridgehead atoms. The van der Waals surface area contributed by atoms with Crippen LogP contribution in [0.15, 0.2) is 40.9 Å². The molecule has 0 spiro atoms. The van der Waals surface area contributed by atoms with Crippen LogP contribution in [0.4, 0.5) is 10.1 Å². The molecule has 2 N–H and O–H groups in total. The number of halogens is 2. The Bertz CT molecular complexity index is 702. The predicted octanol–water partition coefficient (Wildman–Crippen LogP) is 3.16. The minimum absolute atomic E-state index is 0.0692. The number of aliphatic hydroxyl groups is 1. The molecule has 3 rings (SSSR count). The minimum Gasteiger partial charge on any atom is -0.384 e. The second-order valence-corrected chi connectivity index (χ2v) is 5.63. The van der Waals surface area contributed by atoms with E-state index >= 15 is 0 Å². The maximum absolute atomic E-state index is 13.8. The molecule has 102 valence electrons. The van der Waals surface area contributed by atoms with Gasteiger partial charge in [0.15, 0.2) is 0 Å². The van der Waals surface area contributed by atoms with Gasteiger partial charge in [0.1, 0.15) is 11.9 Å². The average molecular weight is 336 g/mol. The number of amides is 1. The fraction of sp³-hybridized carbons (Fsp3) is 0.133. The quantitative estimate of drug-likeness (QED) is 0.885. The molecular weight excluding hydrogens is 325 g/mol.